The molecule has 0 fully saturated rings. The number of rotatable bonds is 7. The molecule has 0 atom stereocenters. The third kappa shape index (κ3) is 6.06. The van der Waals surface area contributed by atoms with Gasteiger partial charge in [-0.15, -0.1) is 10.2 Å². The maximum atomic E-state index is 14.6. The smallest absolute Gasteiger partial charge is 0.337 e. The molecule has 9 heteroatoms. The Morgan fingerprint density at radius 3 is 2.67 bits per heavy atom. The first-order valence-electron chi connectivity index (χ1n) is 11.2. The van der Waals surface area contributed by atoms with Gasteiger partial charge < -0.3 is 14.6 Å². The Balaban J connectivity index is 1.67. The number of methoxy groups -OCH3 is 1. The van der Waals surface area contributed by atoms with Gasteiger partial charge in [-0.05, 0) is 68.8 Å². The van der Waals surface area contributed by atoms with E-state index in [1.165, 1.54) is 37.1 Å². The van der Waals surface area contributed by atoms with Crippen molar-refractivity contribution in [1.82, 2.24) is 14.8 Å². The van der Waals surface area contributed by atoms with Crippen molar-refractivity contribution in [3.05, 3.63) is 89.0 Å². The predicted molar refractivity (Wildman–Crippen MR) is 142 cm³/mol. The van der Waals surface area contributed by atoms with Gasteiger partial charge in [-0.2, -0.15) is 0 Å². The van der Waals surface area contributed by atoms with Gasteiger partial charge in [-0.25, -0.2) is 9.18 Å². The van der Waals surface area contributed by atoms with Crippen LogP contribution in [-0.2, 0) is 16.0 Å². The molecule has 0 aliphatic heterocycles. The molecular weight excluding hydrogens is 499 g/mol. The SMILES string of the molecule is COC(=O)c1cccc(CSc2nnc(-c3cc(Cl)ccc3F)cc2Nc2ccn(C(C)(C)C)c2)c1. The first kappa shape index (κ1) is 25.7. The molecule has 6 nitrogen and oxygen atoms in total. The normalized spacial score (nSPS) is 11.4. The molecule has 0 spiro atoms. The zero-order valence-corrected chi connectivity index (χ0v) is 22.0. The lowest BCUT2D eigenvalue weighted by Gasteiger charge is -2.20. The zero-order valence-electron chi connectivity index (χ0n) is 20.4. The molecule has 4 aromatic rings. The number of thioether (sulfide) groups is 1. The third-order valence-electron chi connectivity index (χ3n) is 5.43. The minimum absolute atomic E-state index is 0.0757. The van der Waals surface area contributed by atoms with E-state index in [4.69, 9.17) is 16.3 Å². The number of ether oxygens (including phenoxy) is 1. The summed E-state index contributed by atoms with van der Waals surface area (Å²) < 4.78 is 21.5. The number of hydrogen-bond donors (Lipinski definition) is 1. The number of esters is 1. The van der Waals surface area contributed by atoms with Crippen LogP contribution >= 0.6 is 23.4 Å². The maximum Gasteiger partial charge on any atom is 0.337 e. The van der Waals surface area contributed by atoms with Gasteiger partial charge >= 0.3 is 5.97 Å². The fourth-order valence-corrected chi connectivity index (χ4v) is 4.52. The van der Waals surface area contributed by atoms with Gasteiger partial charge in [0.1, 0.15) is 10.8 Å². The van der Waals surface area contributed by atoms with E-state index in [2.05, 4.69) is 40.9 Å². The highest BCUT2D eigenvalue weighted by Gasteiger charge is 2.16. The Bertz CT molecular complexity index is 1400. The molecular formula is C27H26ClFN4O2S. The Morgan fingerprint density at radius 1 is 1.14 bits per heavy atom. The number of nitrogens with one attached hydrogen (secondary N) is 1. The fraction of sp³-hybridized carbons (Fsp3) is 0.222. The minimum atomic E-state index is -0.432. The van der Waals surface area contributed by atoms with Gasteiger partial charge in [0.25, 0.3) is 0 Å². The van der Waals surface area contributed by atoms with Gasteiger partial charge in [0.05, 0.1) is 29.7 Å². The zero-order chi connectivity index (χ0) is 25.9. The van der Waals surface area contributed by atoms with E-state index in [0.717, 1.165) is 11.3 Å². The number of halogens is 2. The fourth-order valence-electron chi connectivity index (χ4n) is 3.50. The summed E-state index contributed by atoms with van der Waals surface area (Å²) in [5.41, 5.74) is 3.52. The average Bonchev–Trinajstić information content (AvgIpc) is 3.33. The number of benzene rings is 2. The molecule has 2 aromatic carbocycles. The van der Waals surface area contributed by atoms with Crippen molar-refractivity contribution in [1.29, 1.82) is 0 Å². The molecule has 186 valence electrons. The van der Waals surface area contributed by atoms with Crippen LogP contribution in [0.1, 0.15) is 36.7 Å². The highest BCUT2D eigenvalue weighted by molar-refractivity contribution is 7.98. The third-order valence-corrected chi connectivity index (χ3v) is 6.72. The van der Waals surface area contributed by atoms with Crippen molar-refractivity contribution in [2.45, 2.75) is 37.1 Å². The molecule has 2 aromatic heterocycles. The molecule has 0 saturated heterocycles. The van der Waals surface area contributed by atoms with Crippen LogP contribution in [0.5, 0.6) is 0 Å². The molecule has 1 N–H and O–H groups in total. The van der Waals surface area contributed by atoms with Crippen LogP contribution < -0.4 is 5.32 Å². The quantitative estimate of drug-likeness (QED) is 0.202. The topological polar surface area (TPSA) is 69.0 Å². The van der Waals surface area contributed by atoms with Gasteiger partial charge in [0, 0.05) is 34.3 Å². The van der Waals surface area contributed by atoms with Crippen LogP contribution in [-0.4, -0.2) is 27.8 Å². The van der Waals surface area contributed by atoms with Crippen LogP contribution in [0.3, 0.4) is 0 Å². The van der Waals surface area contributed by atoms with E-state index in [0.29, 0.717) is 32.7 Å². The summed E-state index contributed by atoms with van der Waals surface area (Å²) in [6.07, 6.45) is 4.01. The van der Waals surface area contributed by atoms with E-state index >= 15 is 0 Å². The number of aromatic nitrogens is 3. The van der Waals surface area contributed by atoms with Crippen molar-refractivity contribution in [3.8, 4) is 11.3 Å². The van der Waals surface area contributed by atoms with Crippen LogP contribution in [0.25, 0.3) is 11.3 Å². The highest BCUT2D eigenvalue weighted by atomic mass is 35.5. The Kier molecular flexibility index (Phi) is 7.66. The summed E-state index contributed by atoms with van der Waals surface area (Å²) >= 11 is 7.56. The van der Waals surface area contributed by atoms with Gasteiger partial charge in [-0.3, -0.25) is 0 Å². The highest BCUT2D eigenvalue weighted by Crippen LogP contribution is 2.34. The van der Waals surface area contributed by atoms with Crippen molar-refractivity contribution in [2.75, 3.05) is 12.4 Å². The summed E-state index contributed by atoms with van der Waals surface area (Å²) in [5, 5.41) is 13.1. The summed E-state index contributed by atoms with van der Waals surface area (Å²) in [4.78, 5) is 11.9. The standard InChI is InChI=1S/C27H26ClFN4O2S/c1-27(2,3)33-11-10-20(15-33)30-24-14-23(21-13-19(28)8-9-22(21)29)31-32-25(24)36-16-17-6-5-7-18(12-17)26(34)35-4/h5-15H,16H2,1-4H3,(H,30,31). The summed E-state index contributed by atoms with van der Waals surface area (Å²) in [6.45, 7) is 6.36. The van der Waals surface area contributed by atoms with Crippen molar-refractivity contribution >= 4 is 40.7 Å². The monoisotopic (exact) mass is 524 g/mol. The second-order valence-electron chi connectivity index (χ2n) is 9.16. The lowest BCUT2D eigenvalue weighted by Crippen LogP contribution is -2.19. The summed E-state index contributed by atoms with van der Waals surface area (Å²) in [6, 6.07) is 15.3. The number of anilines is 2. The lowest BCUT2D eigenvalue weighted by atomic mass is 10.1. The minimum Gasteiger partial charge on any atom is -0.465 e. The lowest BCUT2D eigenvalue weighted by molar-refractivity contribution is 0.0600. The molecule has 0 radical (unpaired) electrons. The van der Waals surface area contributed by atoms with Crippen LogP contribution in [0.4, 0.5) is 15.8 Å². The molecule has 4 rings (SSSR count). The largest absolute Gasteiger partial charge is 0.465 e. The van der Waals surface area contributed by atoms with Crippen molar-refractivity contribution < 1.29 is 13.9 Å². The number of carbonyl (C=O) groups excluding carboxylic acids is 1. The summed E-state index contributed by atoms with van der Waals surface area (Å²) in [7, 11) is 1.36. The Hall–Kier alpha value is -3.36. The van der Waals surface area contributed by atoms with E-state index < -0.39 is 5.82 Å². The molecule has 0 saturated carbocycles. The second-order valence-corrected chi connectivity index (χ2v) is 10.6. The number of carbonyl (C=O) groups is 1. The van der Waals surface area contributed by atoms with Crippen molar-refractivity contribution in [3.63, 3.8) is 0 Å². The molecule has 0 amide bonds. The average molecular weight is 525 g/mol. The van der Waals surface area contributed by atoms with Crippen LogP contribution in [0.15, 0.2) is 72.0 Å². The number of nitrogens with zero attached hydrogens (tertiary/aromatic N) is 3. The second kappa shape index (κ2) is 10.7. The number of hydrogen-bond acceptors (Lipinski definition) is 6. The van der Waals surface area contributed by atoms with Gasteiger partial charge in [0.2, 0.25) is 0 Å². The summed E-state index contributed by atoms with van der Waals surface area (Å²) in [5.74, 6) is -0.277. The van der Waals surface area contributed by atoms with Gasteiger partial charge in [-0.1, -0.05) is 35.5 Å². The van der Waals surface area contributed by atoms with Crippen LogP contribution in [0.2, 0.25) is 5.02 Å². The van der Waals surface area contributed by atoms with E-state index in [1.807, 2.05) is 30.6 Å². The molecule has 0 bridgehead atoms. The first-order chi connectivity index (χ1) is 17.1. The Labute approximate surface area is 218 Å². The molecule has 0 unspecified atom stereocenters. The maximum absolute atomic E-state index is 14.6. The predicted octanol–water partition coefficient (Wildman–Crippen LogP) is 7.32. The van der Waals surface area contributed by atoms with E-state index in [1.54, 1.807) is 18.2 Å². The van der Waals surface area contributed by atoms with Gasteiger partial charge in [0.15, 0.2) is 0 Å². The molecule has 2 heterocycles. The van der Waals surface area contributed by atoms with Crippen molar-refractivity contribution in [2.24, 2.45) is 0 Å². The molecule has 0 aliphatic rings. The van der Waals surface area contributed by atoms with Crippen LogP contribution in [0, 0.1) is 5.82 Å². The Morgan fingerprint density at radius 2 is 1.94 bits per heavy atom. The first-order valence-corrected chi connectivity index (χ1v) is 12.6. The van der Waals surface area contributed by atoms with E-state index in [9.17, 15) is 9.18 Å². The molecule has 0 aliphatic carbocycles. The van der Waals surface area contributed by atoms with E-state index in [-0.39, 0.29) is 17.1 Å². The molecule has 36 heavy (non-hydrogen) atoms.